The van der Waals surface area contributed by atoms with Gasteiger partial charge >= 0.3 is 0 Å². The van der Waals surface area contributed by atoms with Crippen LogP contribution in [0.3, 0.4) is 0 Å². The highest BCUT2D eigenvalue weighted by Crippen LogP contribution is 2.42. The number of hydrogen-bond acceptors (Lipinski definition) is 9. The van der Waals surface area contributed by atoms with Gasteiger partial charge in [-0.1, -0.05) is 85.4 Å². The van der Waals surface area contributed by atoms with Crippen LogP contribution in [-0.2, 0) is 39.7 Å². The minimum Gasteiger partial charge on any atom is -0.392 e. The molecule has 12 heteroatoms. The van der Waals surface area contributed by atoms with Crippen LogP contribution in [-0.4, -0.2) is 45.6 Å². The van der Waals surface area contributed by atoms with Gasteiger partial charge in [-0.15, -0.1) is 5.10 Å². The second-order valence-corrected chi connectivity index (χ2v) is 12.4. The normalized spacial score (nSPS) is 21.4. The van der Waals surface area contributed by atoms with Crippen LogP contribution in [0.2, 0.25) is 0 Å². The van der Waals surface area contributed by atoms with Gasteiger partial charge in [-0.2, -0.15) is 0 Å². The Hall–Kier alpha value is -3.13. The second-order valence-electron chi connectivity index (χ2n) is 9.60. The molecule has 210 valence electrons. The predicted octanol–water partition coefficient (Wildman–Crippen LogP) is 3.76. The summed E-state index contributed by atoms with van der Waals surface area (Å²) in [5.41, 5.74) is 3.47. The first-order valence-electron chi connectivity index (χ1n) is 12.8. The van der Waals surface area contributed by atoms with E-state index in [0.717, 1.165) is 22.3 Å². The molecular formula is C28H31N5O5S2. The van der Waals surface area contributed by atoms with Crippen LogP contribution >= 0.6 is 11.8 Å². The molecule has 2 heterocycles. The van der Waals surface area contributed by atoms with Crippen molar-refractivity contribution in [3.8, 4) is 0 Å². The third-order valence-corrected chi connectivity index (χ3v) is 9.37. The molecule has 1 saturated heterocycles. The van der Waals surface area contributed by atoms with Gasteiger partial charge in [0.1, 0.15) is 0 Å². The number of aliphatic hydroxyl groups is 1. The maximum Gasteiger partial charge on any atom is 0.240 e. The summed E-state index contributed by atoms with van der Waals surface area (Å²) in [6.45, 7) is 2.24. The van der Waals surface area contributed by atoms with Gasteiger partial charge in [-0.05, 0) is 39.2 Å². The van der Waals surface area contributed by atoms with Gasteiger partial charge in [0.15, 0.2) is 6.29 Å². The van der Waals surface area contributed by atoms with E-state index in [9.17, 15) is 13.5 Å². The lowest BCUT2D eigenvalue weighted by Gasteiger charge is -2.41. The quantitative estimate of drug-likeness (QED) is 0.269. The third kappa shape index (κ3) is 6.60. The molecule has 1 aliphatic heterocycles. The number of thioether (sulfide) groups is 1. The highest BCUT2D eigenvalue weighted by atomic mass is 32.2. The lowest BCUT2D eigenvalue weighted by atomic mass is 9.91. The van der Waals surface area contributed by atoms with E-state index in [1.54, 1.807) is 42.1 Å². The molecule has 0 unspecified atom stereocenters. The average Bonchev–Trinajstić information content (AvgIpc) is 3.40. The summed E-state index contributed by atoms with van der Waals surface area (Å²) in [4.78, 5) is 0.226. The fraction of sp³-hybridized carbons (Fsp3) is 0.321. The standard InChI is InChI=1S/C28H31N5O5S2/c1-19-25(18-39-28-30-31-32-33(28)2)37-27(38-26(19)22-12-10-21(17-34)11-13-22)23-14-8-20(9-15-23)16-29-40(35,36)24-6-4-3-5-7-24/h3-15,19,25-27,29,34H,16-18H2,1-2H3/t19-,25+,26+,27+/m1/s1. The topological polar surface area (TPSA) is 128 Å². The summed E-state index contributed by atoms with van der Waals surface area (Å²) >= 11 is 1.52. The summed E-state index contributed by atoms with van der Waals surface area (Å²) in [6.07, 6.45) is -1.04. The Kier molecular flexibility index (Phi) is 8.94. The minimum absolute atomic E-state index is 0.0219. The number of aliphatic hydroxyl groups excluding tert-OH is 1. The number of ether oxygens (including phenoxy) is 2. The van der Waals surface area contributed by atoms with Crippen molar-refractivity contribution in [2.45, 2.75) is 48.6 Å². The van der Waals surface area contributed by atoms with E-state index in [4.69, 9.17) is 9.47 Å². The van der Waals surface area contributed by atoms with E-state index < -0.39 is 16.3 Å². The van der Waals surface area contributed by atoms with E-state index >= 15 is 0 Å². The Balaban J connectivity index is 1.32. The predicted molar refractivity (Wildman–Crippen MR) is 149 cm³/mol. The van der Waals surface area contributed by atoms with E-state index in [0.29, 0.717) is 10.9 Å². The van der Waals surface area contributed by atoms with Gasteiger partial charge in [0.2, 0.25) is 15.2 Å². The van der Waals surface area contributed by atoms with Crippen LogP contribution in [0.4, 0.5) is 0 Å². The molecule has 4 aromatic rings. The van der Waals surface area contributed by atoms with Gasteiger partial charge in [0, 0.05) is 30.8 Å². The number of nitrogens with zero attached hydrogens (tertiary/aromatic N) is 4. The number of rotatable bonds is 10. The summed E-state index contributed by atoms with van der Waals surface area (Å²) in [5, 5.41) is 21.8. The maximum atomic E-state index is 12.6. The van der Waals surface area contributed by atoms with Crippen molar-refractivity contribution in [1.29, 1.82) is 0 Å². The van der Waals surface area contributed by atoms with E-state index in [1.165, 1.54) is 11.8 Å². The first kappa shape index (κ1) is 28.4. The molecule has 5 rings (SSSR count). The maximum absolute atomic E-state index is 12.6. The highest BCUT2D eigenvalue weighted by molar-refractivity contribution is 7.99. The van der Waals surface area contributed by atoms with Crippen LogP contribution in [0.25, 0.3) is 0 Å². The number of aryl methyl sites for hydroxylation is 1. The third-order valence-electron chi connectivity index (χ3n) is 6.85. The molecule has 0 radical (unpaired) electrons. The van der Waals surface area contributed by atoms with Crippen LogP contribution in [0.1, 0.15) is 41.6 Å². The second kappa shape index (κ2) is 12.6. The number of sulfonamides is 1. The van der Waals surface area contributed by atoms with Gasteiger partial charge in [0.05, 0.1) is 23.7 Å². The molecule has 3 aromatic carbocycles. The molecule has 0 bridgehead atoms. The number of aromatic nitrogens is 4. The van der Waals surface area contributed by atoms with Crippen LogP contribution in [0.15, 0.2) is 88.9 Å². The molecule has 40 heavy (non-hydrogen) atoms. The number of hydrogen-bond donors (Lipinski definition) is 2. The van der Waals surface area contributed by atoms with Crippen molar-refractivity contribution in [1.82, 2.24) is 24.9 Å². The van der Waals surface area contributed by atoms with Gasteiger partial charge < -0.3 is 14.6 Å². The van der Waals surface area contributed by atoms with E-state index in [1.807, 2.05) is 48.5 Å². The zero-order valence-corrected chi connectivity index (χ0v) is 23.8. The van der Waals surface area contributed by atoms with Crippen molar-refractivity contribution >= 4 is 21.8 Å². The van der Waals surface area contributed by atoms with E-state index in [2.05, 4.69) is 27.2 Å². The van der Waals surface area contributed by atoms with E-state index in [-0.39, 0.29) is 36.2 Å². The first-order valence-corrected chi connectivity index (χ1v) is 15.3. The van der Waals surface area contributed by atoms with Crippen LogP contribution in [0, 0.1) is 5.92 Å². The van der Waals surface area contributed by atoms with Gasteiger partial charge in [0.25, 0.3) is 0 Å². The summed E-state index contributed by atoms with van der Waals surface area (Å²) in [6, 6.07) is 23.6. The molecular weight excluding hydrogens is 550 g/mol. The SMILES string of the molecule is C[C@@H]1[C@H](CSc2nnnn2C)O[C@H](c2ccc(CNS(=O)(=O)c3ccccc3)cc2)O[C@@H]1c1ccc(CO)cc1. The molecule has 0 amide bonds. The zero-order chi connectivity index (χ0) is 28.1. The van der Waals surface area contributed by atoms with Crippen molar-refractivity contribution in [2.24, 2.45) is 13.0 Å². The van der Waals surface area contributed by atoms with Crippen molar-refractivity contribution < 1.29 is 23.0 Å². The number of tetrazole rings is 1. The summed E-state index contributed by atoms with van der Waals surface area (Å²) < 4.78 is 42.4. The Bertz CT molecular complexity index is 1500. The Morgan fingerprint density at radius 2 is 1.62 bits per heavy atom. The van der Waals surface area contributed by atoms with Crippen molar-refractivity contribution in [3.05, 3.63) is 101 Å². The average molecular weight is 582 g/mol. The summed E-state index contributed by atoms with van der Waals surface area (Å²) in [5.74, 6) is 0.649. The smallest absolute Gasteiger partial charge is 0.240 e. The van der Waals surface area contributed by atoms with Gasteiger partial charge in [-0.3, -0.25) is 0 Å². The lowest BCUT2D eigenvalue weighted by Crippen LogP contribution is -2.38. The zero-order valence-electron chi connectivity index (χ0n) is 22.1. The molecule has 0 spiro atoms. The largest absolute Gasteiger partial charge is 0.392 e. The Morgan fingerprint density at radius 3 is 2.27 bits per heavy atom. The Labute approximate surface area is 237 Å². The Morgan fingerprint density at radius 1 is 0.950 bits per heavy atom. The fourth-order valence-electron chi connectivity index (χ4n) is 4.46. The molecule has 0 saturated carbocycles. The minimum atomic E-state index is -3.61. The van der Waals surface area contributed by atoms with Gasteiger partial charge in [-0.25, -0.2) is 17.8 Å². The van der Waals surface area contributed by atoms with Crippen LogP contribution in [0.5, 0.6) is 0 Å². The fourth-order valence-corrected chi connectivity index (χ4v) is 6.52. The van der Waals surface area contributed by atoms with Crippen molar-refractivity contribution in [3.63, 3.8) is 0 Å². The number of benzene rings is 3. The lowest BCUT2D eigenvalue weighted by molar-refractivity contribution is -0.268. The molecule has 1 fully saturated rings. The van der Waals surface area contributed by atoms with Crippen molar-refractivity contribution in [2.75, 3.05) is 5.75 Å². The molecule has 10 nitrogen and oxygen atoms in total. The highest BCUT2D eigenvalue weighted by Gasteiger charge is 2.38. The molecule has 0 aliphatic carbocycles. The van der Waals surface area contributed by atoms with Crippen LogP contribution < -0.4 is 4.72 Å². The summed E-state index contributed by atoms with van der Waals surface area (Å²) in [7, 11) is -1.81. The first-order chi connectivity index (χ1) is 19.3. The molecule has 1 aromatic heterocycles. The molecule has 4 atom stereocenters. The molecule has 2 N–H and O–H groups in total. The molecule has 1 aliphatic rings. The number of nitrogens with one attached hydrogen (secondary N) is 1. The monoisotopic (exact) mass is 581 g/mol.